The minimum Gasteiger partial charge on any atom is -0.481 e. The van der Waals surface area contributed by atoms with E-state index in [1.165, 1.54) is 174 Å². The molecular weight excluding hydrogens is 1570 g/mol. The van der Waals surface area contributed by atoms with Gasteiger partial charge in [0.15, 0.2) is 28.5 Å². The van der Waals surface area contributed by atoms with E-state index in [0.717, 1.165) is 111 Å². The standard InChI is InChI=1S/C33H46N4O5.C31H41N5O5.C30H39N5O5/c1-41-15-16-42-35-29(13-14-31(38)39)32-33(40)37(30-12-5-4-11-28(30)34-32)27-20-24-9-6-10-25(21-27)36(24)26-18-22-7-2-3-8-23(17-22)19-26;1-31(2,30(39)40)41-34-26(28(32)37)27-29(38)36(25-12-4-3-11-24(25)33-27)23-16-20-9-6-10-21(17-23)35(20)22-14-18-7-5-8-19(13-18)15-22;31-29(38)27(33-40-17-26(36)37)28-30(39)35(25-11-4-3-10-24(25)32-28)23-15-20-8-5-9-21(16-23)34(20)22-13-18-6-1-2-7-19(12-18)14-22/h4-5,11-12,22-27H,2-3,6-10,13-21H2,1H3,(H,38,39);3-4,11-12,18-23H,5-10,13-17H2,1-2H3,(H2,32,37)(H,39,40);3-4,10-11,18-23H,1-2,5-9,12-17H2,(H2,31,38)(H,36,37)/b35-29+;34-26-;33-27-/t22-,23+,24-,25+,26?,27?;2*18-,19+,20-,21+,22?,23?. The summed E-state index contributed by atoms with van der Waals surface area (Å²) in [5.74, 6) is -0.279. The fourth-order valence-electron chi connectivity index (χ4n) is 25.2. The Labute approximate surface area is 718 Å². The summed E-state index contributed by atoms with van der Waals surface area (Å²) >= 11 is 0. The molecule has 7 N–H and O–H groups in total. The lowest BCUT2D eigenvalue weighted by Gasteiger charge is -2.55. The number of carbonyl (C=O) groups excluding carboxylic acids is 2. The highest BCUT2D eigenvalue weighted by Gasteiger charge is 2.50. The second-order valence-corrected chi connectivity index (χ2v) is 38.5. The number of carbonyl (C=O) groups is 5. The van der Waals surface area contributed by atoms with Crippen molar-refractivity contribution in [3.05, 3.63) is 121 Å². The van der Waals surface area contributed by atoms with Crippen LogP contribution in [0.15, 0.2) is 103 Å². The van der Waals surface area contributed by atoms with E-state index in [1.54, 1.807) is 28.4 Å². The summed E-state index contributed by atoms with van der Waals surface area (Å²) in [6.07, 6.45) is 43.3. The van der Waals surface area contributed by atoms with Crippen LogP contribution in [0.3, 0.4) is 0 Å². The van der Waals surface area contributed by atoms with E-state index in [0.29, 0.717) is 83.1 Å². The quantitative estimate of drug-likeness (QED) is 0.0213. The van der Waals surface area contributed by atoms with E-state index in [2.05, 4.69) is 40.1 Å². The van der Waals surface area contributed by atoms with Gasteiger partial charge in [0.1, 0.15) is 12.3 Å². The lowest BCUT2D eigenvalue weighted by Crippen LogP contribution is -2.58. The number of nitrogens with two attached hydrogens (primary N) is 2. The number of carboxylic acids is 3. The van der Waals surface area contributed by atoms with Gasteiger partial charge in [0.05, 0.1) is 46.1 Å². The van der Waals surface area contributed by atoms with E-state index >= 15 is 0 Å². The normalized spacial score (nSPS) is 30.6. The second-order valence-electron chi connectivity index (χ2n) is 38.5. The Morgan fingerprint density at radius 1 is 0.390 bits per heavy atom. The zero-order chi connectivity index (χ0) is 85.7. The number of aromatic nitrogens is 6. The van der Waals surface area contributed by atoms with Gasteiger partial charge in [-0.05, 0) is 221 Å². The van der Waals surface area contributed by atoms with Gasteiger partial charge in [-0.1, -0.05) is 142 Å². The third kappa shape index (κ3) is 19.4. The number of amides is 2. The number of para-hydroxylation sites is 6. The fraction of sp³-hybridized carbons (Fsp3) is 0.660. The van der Waals surface area contributed by atoms with Crippen LogP contribution in [-0.4, -0.2) is 192 Å². The van der Waals surface area contributed by atoms with Crippen molar-refractivity contribution in [3.8, 4) is 0 Å². The van der Waals surface area contributed by atoms with E-state index in [9.17, 15) is 48.6 Å². The van der Waals surface area contributed by atoms with Crippen LogP contribution in [0.25, 0.3) is 33.1 Å². The molecule has 12 aliphatic rings. The van der Waals surface area contributed by atoms with Crippen LogP contribution in [0.5, 0.6) is 0 Å². The number of hydrogen-bond donors (Lipinski definition) is 5. The number of ether oxygens (including phenoxy) is 1. The third-order valence-corrected chi connectivity index (χ3v) is 30.1. The molecule has 29 nitrogen and oxygen atoms in total. The molecule has 6 saturated heterocycles. The largest absolute Gasteiger partial charge is 0.481 e. The van der Waals surface area contributed by atoms with Crippen LogP contribution in [0.2, 0.25) is 0 Å². The van der Waals surface area contributed by atoms with Crippen molar-refractivity contribution in [2.45, 2.75) is 330 Å². The summed E-state index contributed by atoms with van der Waals surface area (Å²) in [6.45, 7) is 2.39. The van der Waals surface area contributed by atoms with Crippen molar-refractivity contribution in [3.63, 3.8) is 0 Å². The van der Waals surface area contributed by atoms with Crippen molar-refractivity contribution >= 4 is 80.0 Å². The average Bonchev–Trinajstić information content (AvgIpc) is 0.830. The van der Waals surface area contributed by atoms with Gasteiger partial charge >= 0.3 is 17.9 Å². The Morgan fingerprint density at radius 2 is 0.724 bits per heavy atom. The first-order valence-corrected chi connectivity index (χ1v) is 46.3. The van der Waals surface area contributed by atoms with Crippen molar-refractivity contribution in [2.75, 3.05) is 26.9 Å². The first-order chi connectivity index (χ1) is 59.5. The van der Waals surface area contributed by atoms with E-state index in [1.807, 2.05) is 65.2 Å². The molecule has 0 radical (unpaired) electrons. The van der Waals surface area contributed by atoms with Gasteiger partial charge in [-0.2, -0.15) is 0 Å². The summed E-state index contributed by atoms with van der Waals surface area (Å²) in [4.78, 5) is 139. The Balaban J connectivity index is 0.000000137. The predicted molar refractivity (Wildman–Crippen MR) is 466 cm³/mol. The van der Waals surface area contributed by atoms with Crippen LogP contribution in [0.4, 0.5) is 0 Å². The van der Waals surface area contributed by atoms with Gasteiger partial charge in [-0.25, -0.2) is 24.5 Å². The topological polar surface area (TPSA) is 386 Å². The Bertz CT molecular complexity index is 5060. The number of aliphatic carboxylic acids is 3. The molecule has 6 aromatic rings. The second kappa shape index (κ2) is 38.7. The predicted octanol–water partition coefficient (Wildman–Crippen LogP) is 13.1. The highest BCUT2D eigenvalue weighted by atomic mass is 16.7. The molecule has 0 spiro atoms. The van der Waals surface area contributed by atoms with E-state index in [4.69, 9.17) is 40.8 Å². The number of piperidine rings is 6. The zero-order valence-corrected chi connectivity index (χ0v) is 71.9. The first kappa shape index (κ1) is 87.2. The number of hydrogen-bond acceptors (Lipinski definition) is 21. The van der Waals surface area contributed by atoms with Crippen molar-refractivity contribution in [1.82, 2.24) is 43.4 Å². The number of nitrogens with zero attached hydrogens (tertiary/aromatic N) is 12. The molecule has 123 heavy (non-hydrogen) atoms. The maximum atomic E-state index is 14.3. The summed E-state index contributed by atoms with van der Waals surface area (Å²) in [6, 6.07) is 27.2. The third-order valence-electron chi connectivity index (χ3n) is 30.1. The van der Waals surface area contributed by atoms with Crippen LogP contribution >= 0.6 is 0 Å². The molecule has 18 atom stereocenters. The highest BCUT2D eigenvalue weighted by Crippen LogP contribution is 2.52. The number of fused-ring (bicyclic) bond motifs is 15. The lowest BCUT2D eigenvalue weighted by atomic mass is 9.68. The molecule has 3 aromatic carbocycles. The van der Waals surface area contributed by atoms with E-state index in [-0.39, 0.29) is 65.9 Å². The van der Waals surface area contributed by atoms with Crippen LogP contribution < -0.4 is 28.1 Å². The lowest BCUT2D eigenvalue weighted by molar-refractivity contribution is -0.161. The summed E-state index contributed by atoms with van der Waals surface area (Å²) in [5, 5.41) is 39.3. The smallest absolute Gasteiger partial charge is 0.350 e. The summed E-state index contributed by atoms with van der Waals surface area (Å²) < 4.78 is 10.6. The number of benzene rings is 3. The van der Waals surface area contributed by atoms with Crippen LogP contribution in [0.1, 0.15) is 287 Å². The van der Waals surface area contributed by atoms with Crippen LogP contribution in [0, 0.1) is 35.5 Å². The number of oxime groups is 3. The molecular formula is C94H126N14O15. The number of carboxylic acid groups (broad SMARTS) is 3. The molecule has 6 saturated carbocycles. The molecule has 9 heterocycles. The van der Waals surface area contributed by atoms with Gasteiger partial charge in [0.2, 0.25) is 12.2 Å². The molecule has 12 bridgehead atoms. The molecule has 6 aliphatic carbocycles. The molecule has 662 valence electrons. The van der Waals surface area contributed by atoms with Gasteiger partial charge in [-0.3, -0.25) is 43.5 Å². The molecule has 18 rings (SSSR count). The van der Waals surface area contributed by atoms with Gasteiger partial charge in [0, 0.05) is 86.0 Å². The molecule has 12 fully saturated rings. The molecule has 2 amide bonds. The molecule has 29 heteroatoms. The monoisotopic (exact) mass is 1690 g/mol. The fourth-order valence-corrected chi connectivity index (χ4v) is 25.2. The first-order valence-electron chi connectivity index (χ1n) is 46.3. The number of primary amides is 2. The maximum absolute atomic E-state index is 14.3. The van der Waals surface area contributed by atoms with Crippen molar-refractivity contribution in [1.29, 1.82) is 0 Å². The number of methoxy groups -OCH3 is 1. The minimum atomic E-state index is -1.72. The summed E-state index contributed by atoms with van der Waals surface area (Å²) in [7, 11) is 1.57. The van der Waals surface area contributed by atoms with Gasteiger partial charge < -0.3 is 59.7 Å². The Hall–Kier alpha value is -9.32. The zero-order valence-electron chi connectivity index (χ0n) is 71.9. The maximum Gasteiger partial charge on any atom is 0.350 e. The Morgan fingerprint density at radius 3 is 1.07 bits per heavy atom. The van der Waals surface area contributed by atoms with Gasteiger partial charge in [-0.15, -0.1) is 0 Å². The average molecular weight is 1690 g/mol. The van der Waals surface area contributed by atoms with E-state index < -0.39 is 64.5 Å². The molecule has 6 unspecified atom stereocenters. The molecule has 3 aromatic heterocycles. The van der Waals surface area contributed by atoms with Gasteiger partial charge in [0.25, 0.3) is 28.5 Å². The SMILES string of the molecule is CC(C)(O/N=C(\C(N)=O)c1nc2ccccc2n(C2C[C@H]3CCC[C@@H](C2)N3C2C[C@H]3CCC[C@@H](C2)C3)c1=O)C(=O)O.COCCO/N=C(\CCC(=O)O)c1nc2ccccc2n(C2C[C@H]3CCC[C@@H](C2)N3C2C[C@H]3CCCC[C@@H](C2)C3)c1=O.NC(=O)/C(=N\OCC(=O)O)c1nc2ccccc2n(C2C[C@H]3CCC[C@@H](C2)N3C2C[C@H]3CCCC[C@@H](C2)C3)c1=O. The minimum absolute atomic E-state index is 0.0503. The Kier molecular flexibility index (Phi) is 27.4. The summed E-state index contributed by atoms with van der Waals surface area (Å²) in [5.41, 5.74) is 11.5. The van der Waals surface area contributed by atoms with Crippen LogP contribution in [-0.2, 0) is 43.2 Å². The molecule has 6 aliphatic heterocycles. The highest BCUT2D eigenvalue weighted by molar-refractivity contribution is 6.44. The van der Waals surface area contributed by atoms with Crippen molar-refractivity contribution in [2.24, 2.45) is 62.4 Å². The van der Waals surface area contributed by atoms with Crippen molar-refractivity contribution < 1.29 is 58.5 Å². The number of rotatable bonds is 24.